The number of benzene rings is 1. The Kier molecular flexibility index (Phi) is 4.47. The van der Waals surface area contributed by atoms with Crippen molar-refractivity contribution in [2.45, 2.75) is 13.5 Å². The van der Waals surface area contributed by atoms with Crippen LogP contribution in [0.25, 0.3) is 17.6 Å². The van der Waals surface area contributed by atoms with E-state index >= 15 is 0 Å². The highest BCUT2D eigenvalue weighted by molar-refractivity contribution is 5.55. The molecule has 3 rings (SSSR count). The van der Waals surface area contributed by atoms with Crippen molar-refractivity contribution < 1.29 is 18.4 Å². The van der Waals surface area contributed by atoms with Gasteiger partial charge in [-0.25, -0.2) is 0 Å². The second-order valence-corrected chi connectivity index (χ2v) is 4.86. The summed E-state index contributed by atoms with van der Waals surface area (Å²) in [7, 11) is 1.62. The Bertz CT molecular complexity index is 787. The molecule has 0 fully saturated rings. The first-order valence-corrected chi connectivity index (χ1v) is 7.23. The quantitative estimate of drug-likeness (QED) is 0.668. The van der Waals surface area contributed by atoms with Gasteiger partial charge >= 0.3 is 0 Å². The Labute approximate surface area is 134 Å². The van der Waals surface area contributed by atoms with Crippen molar-refractivity contribution in [3.8, 4) is 23.0 Å². The summed E-state index contributed by atoms with van der Waals surface area (Å²) in [5.74, 6) is 2.54. The number of hydrogen-bond donors (Lipinski definition) is 0. The van der Waals surface area contributed by atoms with Crippen LogP contribution in [0.4, 0.5) is 0 Å². The van der Waals surface area contributed by atoms with Crippen molar-refractivity contribution in [2.24, 2.45) is 0 Å². The molecule has 2 heterocycles. The minimum absolute atomic E-state index is 0.281. The summed E-state index contributed by atoms with van der Waals surface area (Å²) in [6.07, 6.45) is 5.56. The number of allylic oxidation sites excluding steroid dienone is 1. The van der Waals surface area contributed by atoms with E-state index in [1.54, 1.807) is 25.5 Å². The van der Waals surface area contributed by atoms with Gasteiger partial charge in [-0.2, -0.15) is 0 Å². The normalized spacial score (nSPS) is 11.0. The van der Waals surface area contributed by atoms with Gasteiger partial charge in [-0.1, -0.05) is 23.4 Å². The molecule has 2 aromatic heterocycles. The van der Waals surface area contributed by atoms with Crippen molar-refractivity contribution in [2.75, 3.05) is 7.11 Å². The zero-order valence-corrected chi connectivity index (χ0v) is 13.0. The molecule has 0 unspecified atom stereocenters. The molecule has 0 saturated heterocycles. The Morgan fingerprint density at radius 1 is 1.13 bits per heavy atom. The predicted octanol–water partition coefficient (Wildman–Crippen LogP) is 4.56. The van der Waals surface area contributed by atoms with Crippen LogP contribution >= 0.6 is 0 Å². The van der Waals surface area contributed by atoms with E-state index in [9.17, 15) is 0 Å². The lowest BCUT2D eigenvalue weighted by molar-refractivity contribution is 0.272. The first-order valence-electron chi connectivity index (χ1n) is 7.23. The minimum Gasteiger partial charge on any atom is -0.493 e. The van der Waals surface area contributed by atoms with Gasteiger partial charge < -0.3 is 18.4 Å². The fourth-order valence-corrected chi connectivity index (χ4v) is 2.17. The fraction of sp³-hybridized carbons (Fsp3) is 0.167. The van der Waals surface area contributed by atoms with Crippen LogP contribution in [0, 0.1) is 0 Å². The Hall–Kier alpha value is -2.95. The molecule has 5 nitrogen and oxygen atoms in total. The first-order chi connectivity index (χ1) is 11.3. The smallest absolute Gasteiger partial charge is 0.202 e. The summed E-state index contributed by atoms with van der Waals surface area (Å²) in [6.45, 7) is 2.25. The van der Waals surface area contributed by atoms with Gasteiger partial charge in [0.05, 0.1) is 13.4 Å². The molecule has 0 aliphatic rings. The standard InChI is InChI=1S/C18H17NO4/c1-3-5-13-7-8-16(17(10-13)20-2)22-12-14-11-18(23-19-14)15-6-4-9-21-15/h3-11H,12H2,1-2H3/b5-3+. The summed E-state index contributed by atoms with van der Waals surface area (Å²) in [6, 6.07) is 11.2. The molecule has 0 aliphatic carbocycles. The summed E-state index contributed by atoms with van der Waals surface area (Å²) >= 11 is 0. The molecule has 5 heteroatoms. The molecule has 0 aliphatic heterocycles. The summed E-state index contributed by atoms with van der Waals surface area (Å²) < 4.78 is 21.7. The van der Waals surface area contributed by atoms with Crippen molar-refractivity contribution in [1.29, 1.82) is 0 Å². The number of methoxy groups -OCH3 is 1. The molecule has 0 atom stereocenters. The van der Waals surface area contributed by atoms with Crippen LogP contribution < -0.4 is 9.47 Å². The molecule has 0 saturated carbocycles. The number of nitrogens with zero attached hydrogens (tertiary/aromatic N) is 1. The lowest BCUT2D eigenvalue weighted by Gasteiger charge is -2.10. The summed E-state index contributed by atoms with van der Waals surface area (Å²) in [5.41, 5.74) is 1.73. The van der Waals surface area contributed by atoms with E-state index in [0.29, 0.717) is 28.7 Å². The van der Waals surface area contributed by atoms with Crippen LogP contribution in [-0.4, -0.2) is 12.3 Å². The second-order valence-electron chi connectivity index (χ2n) is 4.86. The van der Waals surface area contributed by atoms with E-state index < -0.39 is 0 Å². The number of furan rings is 1. The third-order valence-electron chi connectivity index (χ3n) is 3.25. The van der Waals surface area contributed by atoms with E-state index in [1.165, 1.54) is 0 Å². The van der Waals surface area contributed by atoms with Gasteiger partial charge in [-0.05, 0) is 36.8 Å². The molecule has 23 heavy (non-hydrogen) atoms. The average molecular weight is 311 g/mol. The van der Waals surface area contributed by atoms with E-state index in [0.717, 1.165) is 5.56 Å². The fourth-order valence-electron chi connectivity index (χ4n) is 2.17. The predicted molar refractivity (Wildman–Crippen MR) is 86.2 cm³/mol. The molecule has 0 spiro atoms. The van der Waals surface area contributed by atoms with E-state index in [1.807, 2.05) is 43.3 Å². The van der Waals surface area contributed by atoms with Gasteiger partial charge in [-0.15, -0.1) is 0 Å². The zero-order chi connectivity index (χ0) is 16.1. The first kappa shape index (κ1) is 15.0. The molecule has 0 N–H and O–H groups in total. The molecule has 0 bridgehead atoms. The lowest BCUT2D eigenvalue weighted by atomic mass is 10.2. The van der Waals surface area contributed by atoms with Crippen molar-refractivity contribution >= 4 is 6.08 Å². The monoisotopic (exact) mass is 311 g/mol. The largest absolute Gasteiger partial charge is 0.493 e. The van der Waals surface area contributed by atoms with Crippen LogP contribution in [0.1, 0.15) is 18.2 Å². The molecule has 0 amide bonds. The second kappa shape index (κ2) is 6.87. The number of aromatic nitrogens is 1. The van der Waals surface area contributed by atoms with Crippen molar-refractivity contribution in [3.63, 3.8) is 0 Å². The van der Waals surface area contributed by atoms with E-state index in [-0.39, 0.29) is 6.61 Å². The molecule has 0 radical (unpaired) electrons. The molecule has 1 aromatic carbocycles. The maximum atomic E-state index is 5.78. The third-order valence-corrected chi connectivity index (χ3v) is 3.25. The highest BCUT2D eigenvalue weighted by Gasteiger charge is 2.11. The molecule has 118 valence electrons. The SMILES string of the molecule is C/C=C/c1ccc(OCc2cc(-c3ccco3)on2)c(OC)c1. The van der Waals surface area contributed by atoms with Gasteiger partial charge in [0.2, 0.25) is 5.76 Å². The topological polar surface area (TPSA) is 57.6 Å². The Morgan fingerprint density at radius 2 is 2.04 bits per heavy atom. The highest BCUT2D eigenvalue weighted by atomic mass is 16.5. The van der Waals surface area contributed by atoms with Gasteiger partial charge in [0.1, 0.15) is 12.3 Å². The highest BCUT2D eigenvalue weighted by Crippen LogP contribution is 2.29. The van der Waals surface area contributed by atoms with Crippen LogP contribution in [0.15, 0.2) is 57.7 Å². The van der Waals surface area contributed by atoms with Crippen molar-refractivity contribution in [1.82, 2.24) is 5.16 Å². The van der Waals surface area contributed by atoms with Crippen LogP contribution in [0.3, 0.4) is 0 Å². The summed E-state index contributed by atoms with van der Waals surface area (Å²) in [5, 5.41) is 3.98. The molecular weight excluding hydrogens is 294 g/mol. The maximum absolute atomic E-state index is 5.78. The molecule has 3 aromatic rings. The summed E-state index contributed by atoms with van der Waals surface area (Å²) in [4.78, 5) is 0. The number of rotatable bonds is 6. The number of ether oxygens (including phenoxy) is 2. The third kappa shape index (κ3) is 3.45. The van der Waals surface area contributed by atoms with Crippen LogP contribution in [0.2, 0.25) is 0 Å². The van der Waals surface area contributed by atoms with E-state index in [2.05, 4.69) is 5.16 Å². The van der Waals surface area contributed by atoms with Gasteiger partial charge in [0, 0.05) is 6.07 Å². The van der Waals surface area contributed by atoms with Crippen LogP contribution in [-0.2, 0) is 6.61 Å². The van der Waals surface area contributed by atoms with Crippen LogP contribution in [0.5, 0.6) is 11.5 Å². The van der Waals surface area contributed by atoms with Gasteiger partial charge in [-0.3, -0.25) is 0 Å². The zero-order valence-electron chi connectivity index (χ0n) is 13.0. The number of hydrogen-bond acceptors (Lipinski definition) is 5. The minimum atomic E-state index is 0.281. The average Bonchev–Trinajstić information content (AvgIpc) is 3.25. The van der Waals surface area contributed by atoms with Crippen molar-refractivity contribution in [3.05, 3.63) is 60.0 Å². The lowest BCUT2D eigenvalue weighted by Crippen LogP contribution is -1.98. The van der Waals surface area contributed by atoms with Gasteiger partial charge in [0.25, 0.3) is 0 Å². The Morgan fingerprint density at radius 3 is 2.78 bits per heavy atom. The molecular formula is C18H17NO4. The Balaban J connectivity index is 1.71. The van der Waals surface area contributed by atoms with E-state index in [4.69, 9.17) is 18.4 Å². The maximum Gasteiger partial charge on any atom is 0.202 e. The van der Waals surface area contributed by atoms with Gasteiger partial charge in [0.15, 0.2) is 17.3 Å².